The largest absolute Gasteiger partial charge is 0.355 e. The van der Waals surface area contributed by atoms with Crippen molar-refractivity contribution in [3.05, 3.63) is 95.0 Å². The van der Waals surface area contributed by atoms with Crippen molar-refractivity contribution in [1.82, 2.24) is 10.2 Å². The first-order chi connectivity index (χ1) is 17.6. The molecule has 0 radical (unpaired) electrons. The van der Waals surface area contributed by atoms with E-state index >= 15 is 0 Å². The van der Waals surface area contributed by atoms with Gasteiger partial charge in [-0.15, -0.1) is 0 Å². The van der Waals surface area contributed by atoms with Gasteiger partial charge in [-0.25, -0.2) is 8.42 Å². The number of rotatable bonds is 11. The number of nitrogens with one attached hydrogen (secondary N) is 1. The molecule has 3 rings (SSSR count). The van der Waals surface area contributed by atoms with Crippen molar-refractivity contribution in [2.45, 2.75) is 38.1 Å². The molecule has 0 bridgehead atoms. The molecule has 196 valence electrons. The molecule has 0 aliphatic rings. The van der Waals surface area contributed by atoms with Crippen LogP contribution in [-0.4, -0.2) is 50.8 Å². The maximum atomic E-state index is 13.8. The fraction of sp³-hybridized carbons (Fsp3) is 0.286. The van der Waals surface area contributed by atoms with Gasteiger partial charge in [-0.1, -0.05) is 66.2 Å². The molecule has 2 amide bonds. The lowest BCUT2D eigenvalue weighted by Gasteiger charge is -2.32. The molecule has 9 heteroatoms. The van der Waals surface area contributed by atoms with Gasteiger partial charge in [-0.3, -0.25) is 13.9 Å². The quantitative estimate of drug-likeness (QED) is 0.389. The van der Waals surface area contributed by atoms with Gasteiger partial charge in [0.25, 0.3) is 10.0 Å². The lowest BCUT2D eigenvalue weighted by molar-refractivity contribution is -0.138. The summed E-state index contributed by atoms with van der Waals surface area (Å²) in [6.07, 6.45) is 0.512. The monoisotopic (exact) mass is 541 g/mol. The van der Waals surface area contributed by atoms with Crippen LogP contribution in [0.4, 0.5) is 5.69 Å². The van der Waals surface area contributed by atoms with Gasteiger partial charge in [0, 0.05) is 18.1 Å². The molecule has 0 heterocycles. The molecule has 3 aromatic rings. The van der Waals surface area contributed by atoms with Crippen molar-refractivity contribution in [3.63, 3.8) is 0 Å². The van der Waals surface area contributed by atoms with E-state index in [-0.39, 0.29) is 17.3 Å². The number of anilines is 1. The van der Waals surface area contributed by atoms with E-state index in [0.29, 0.717) is 29.2 Å². The zero-order valence-electron chi connectivity index (χ0n) is 21.2. The topological polar surface area (TPSA) is 86.8 Å². The molecular formula is C28H32ClN3O4S. The Balaban J connectivity index is 2.00. The molecule has 0 aromatic heterocycles. The maximum absolute atomic E-state index is 13.8. The predicted molar refractivity (Wildman–Crippen MR) is 147 cm³/mol. The van der Waals surface area contributed by atoms with Gasteiger partial charge in [0.15, 0.2) is 0 Å². The lowest BCUT2D eigenvalue weighted by atomic mass is 10.1. The summed E-state index contributed by atoms with van der Waals surface area (Å²) in [6, 6.07) is 21.7. The van der Waals surface area contributed by atoms with Crippen LogP contribution in [0.25, 0.3) is 0 Å². The normalized spacial score (nSPS) is 12.0. The van der Waals surface area contributed by atoms with Crippen LogP contribution in [0.2, 0.25) is 5.02 Å². The Bertz CT molecular complexity index is 1320. The van der Waals surface area contributed by atoms with Gasteiger partial charge in [0.05, 0.1) is 10.6 Å². The third-order valence-electron chi connectivity index (χ3n) is 6.05. The summed E-state index contributed by atoms with van der Waals surface area (Å²) in [4.78, 5) is 28.0. The Morgan fingerprint density at radius 3 is 2.22 bits per heavy atom. The zero-order chi connectivity index (χ0) is 27.0. The van der Waals surface area contributed by atoms with E-state index in [9.17, 15) is 18.0 Å². The van der Waals surface area contributed by atoms with Crippen molar-refractivity contribution in [3.8, 4) is 0 Å². The molecule has 0 saturated heterocycles. The summed E-state index contributed by atoms with van der Waals surface area (Å²) in [6.45, 7) is 5.38. The summed E-state index contributed by atoms with van der Waals surface area (Å²) in [7, 11) is -4.12. The van der Waals surface area contributed by atoms with E-state index in [1.165, 1.54) is 23.1 Å². The highest BCUT2D eigenvalue weighted by atomic mass is 35.5. The van der Waals surface area contributed by atoms with Crippen molar-refractivity contribution in [1.29, 1.82) is 0 Å². The molecule has 0 aliphatic carbocycles. The number of carbonyl (C=O) groups is 2. The molecule has 0 aliphatic heterocycles. The number of hydrogen-bond donors (Lipinski definition) is 1. The van der Waals surface area contributed by atoms with E-state index in [0.717, 1.165) is 9.87 Å². The number of carbonyl (C=O) groups excluding carboxylic acids is 2. The highest BCUT2D eigenvalue weighted by Crippen LogP contribution is 2.29. The first kappa shape index (κ1) is 28.2. The SMILES string of the molecule is CCNC(=O)C(C)N(CCc1ccccc1)C(=O)CN(c1cc(Cl)ccc1C)S(=O)(=O)c1ccccc1. The molecule has 1 unspecified atom stereocenters. The average Bonchev–Trinajstić information content (AvgIpc) is 2.90. The minimum atomic E-state index is -4.12. The molecule has 1 N–H and O–H groups in total. The Labute approximate surface area is 224 Å². The maximum Gasteiger partial charge on any atom is 0.264 e. The second kappa shape index (κ2) is 12.7. The number of halogens is 1. The standard InChI is InChI=1S/C28H32ClN3O4S/c1-4-30-28(34)22(3)31(18-17-23-11-7-5-8-12-23)27(33)20-32(26-19-24(29)16-15-21(26)2)37(35,36)25-13-9-6-10-14-25/h5-16,19,22H,4,17-18,20H2,1-3H3,(H,30,34). The first-order valence-corrected chi connectivity index (χ1v) is 13.9. The van der Waals surface area contributed by atoms with Crippen LogP contribution in [0.15, 0.2) is 83.8 Å². The van der Waals surface area contributed by atoms with Crippen LogP contribution < -0.4 is 9.62 Å². The fourth-order valence-corrected chi connectivity index (χ4v) is 5.63. The Hall–Kier alpha value is -3.36. The average molecular weight is 542 g/mol. The summed E-state index contributed by atoms with van der Waals surface area (Å²) >= 11 is 6.23. The van der Waals surface area contributed by atoms with Crippen LogP contribution >= 0.6 is 11.6 Å². The molecule has 7 nitrogen and oxygen atoms in total. The molecular weight excluding hydrogens is 510 g/mol. The lowest BCUT2D eigenvalue weighted by Crippen LogP contribution is -2.52. The molecule has 0 spiro atoms. The van der Waals surface area contributed by atoms with E-state index in [2.05, 4.69) is 5.32 Å². The second-order valence-electron chi connectivity index (χ2n) is 8.65. The van der Waals surface area contributed by atoms with Gasteiger partial charge in [0.2, 0.25) is 11.8 Å². The smallest absolute Gasteiger partial charge is 0.264 e. The van der Waals surface area contributed by atoms with Crippen molar-refractivity contribution in [2.75, 3.05) is 23.9 Å². The van der Waals surface area contributed by atoms with Gasteiger partial charge in [-0.2, -0.15) is 0 Å². The number of amides is 2. The molecule has 37 heavy (non-hydrogen) atoms. The van der Waals surface area contributed by atoms with Crippen LogP contribution in [0.5, 0.6) is 0 Å². The fourth-order valence-electron chi connectivity index (χ4n) is 3.98. The van der Waals surface area contributed by atoms with Gasteiger partial charge >= 0.3 is 0 Å². The predicted octanol–water partition coefficient (Wildman–Crippen LogP) is 4.44. The van der Waals surface area contributed by atoms with E-state index < -0.39 is 28.5 Å². The number of aryl methyl sites for hydroxylation is 1. The minimum Gasteiger partial charge on any atom is -0.355 e. The highest BCUT2D eigenvalue weighted by Gasteiger charge is 2.32. The summed E-state index contributed by atoms with van der Waals surface area (Å²) in [5, 5.41) is 3.10. The third-order valence-corrected chi connectivity index (χ3v) is 8.06. The number of benzene rings is 3. The molecule has 1 atom stereocenters. The summed E-state index contributed by atoms with van der Waals surface area (Å²) in [5.41, 5.74) is 1.95. The van der Waals surface area contributed by atoms with Crippen LogP contribution in [0.3, 0.4) is 0 Å². The number of nitrogens with zero attached hydrogens (tertiary/aromatic N) is 2. The van der Waals surface area contributed by atoms with Crippen LogP contribution in [0.1, 0.15) is 25.0 Å². The number of likely N-dealkylation sites (N-methyl/N-ethyl adjacent to an activating group) is 1. The van der Waals surface area contributed by atoms with Gasteiger partial charge in [-0.05, 0) is 62.6 Å². The second-order valence-corrected chi connectivity index (χ2v) is 10.9. The molecule has 3 aromatic carbocycles. The summed E-state index contributed by atoms with van der Waals surface area (Å²) < 4.78 is 28.6. The minimum absolute atomic E-state index is 0.0507. The van der Waals surface area contributed by atoms with Crippen LogP contribution in [0, 0.1) is 6.92 Å². The molecule has 0 saturated carbocycles. The highest BCUT2D eigenvalue weighted by molar-refractivity contribution is 7.92. The van der Waals surface area contributed by atoms with Crippen molar-refractivity contribution >= 4 is 39.1 Å². The zero-order valence-corrected chi connectivity index (χ0v) is 22.8. The van der Waals surface area contributed by atoms with Crippen molar-refractivity contribution in [2.24, 2.45) is 0 Å². The Morgan fingerprint density at radius 1 is 0.973 bits per heavy atom. The molecule has 0 fully saturated rings. The van der Waals surface area contributed by atoms with E-state index in [1.54, 1.807) is 51.1 Å². The van der Waals surface area contributed by atoms with E-state index in [4.69, 9.17) is 11.6 Å². The van der Waals surface area contributed by atoms with E-state index in [1.807, 2.05) is 30.3 Å². The Morgan fingerprint density at radius 2 is 1.59 bits per heavy atom. The van der Waals surface area contributed by atoms with Gasteiger partial charge in [0.1, 0.15) is 12.6 Å². The Kier molecular flexibility index (Phi) is 9.72. The first-order valence-electron chi connectivity index (χ1n) is 12.1. The van der Waals surface area contributed by atoms with Crippen molar-refractivity contribution < 1.29 is 18.0 Å². The summed E-state index contributed by atoms with van der Waals surface area (Å²) in [5.74, 6) is -0.797. The number of sulfonamides is 1. The van der Waals surface area contributed by atoms with Gasteiger partial charge < -0.3 is 10.2 Å². The van der Waals surface area contributed by atoms with Crippen LogP contribution in [-0.2, 0) is 26.0 Å². The number of hydrogen-bond acceptors (Lipinski definition) is 4. The third kappa shape index (κ3) is 7.11.